The van der Waals surface area contributed by atoms with Crippen LogP contribution in [0.2, 0.25) is 0 Å². The second kappa shape index (κ2) is 8.12. The third kappa shape index (κ3) is 3.15. The summed E-state index contributed by atoms with van der Waals surface area (Å²) in [6, 6.07) is 39.0. The molecule has 0 N–H and O–H groups in total. The van der Waals surface area contributed by atoms with E-state index in [4.69, 9.17) is 0 Å². The van der Waals surface area contributed by atoms with E-state index in [1.54, 1.807) is 0 Å². The van der Waals surface area contributed by atoms with E-state index in [1.165, 1.54) is 17.1 Å². The average molecular weight is 415 g/mol. The van der Waals surface area contributed by atoms with Crippen molar-refractivity contribution in [2.24, 2.45) is 0 Å². The van der Waals surface area contributed by atoms with Gasteiger partial charge < -0.3 is 0 Å². The maximum Gasteiger partial charge on any atom is 0.258 e. The molecule has 1 aliphatic rings. The molecule has 32 heavy (non-hydrogen) atoms. The van der Waals surface area contributed by atoms with E-state index in [-0.39, 0.29) is 11.8 Å². The monoisotopic (exact) mass is 415 g/mol. The van der Waals surface area contributed by atoms with Crippen molar-refractivity contribution in [1.29, 1.82) is 0 Å². The van der Waals surface area contributed by atoms with Gasteiger partial charge in [-0.2, -0.15) is 0 Å². The number of imide groups is 1. The molecule has 5 rings (SSSR count). The van der Waals surface area contributed by atoms with Crippen molar-refractivity contribution in [3.8, 4) is 0 Å². The molecule has 3 nitrogen and oxygen atoms in total. The zero-order valence-corrected chi connectivity index (χ0v) is 17.4. The summed E-state index contributed by atoms with van der Waals surface area (Å²) in [5.41, 5.74) is 4.48. The maximum atomic E-state index is 12.1. The van der Waals surface area contributed by atoms with Crippen molar-refractivity contribution in [2.45, 2.75) is 5.41 Å². The highest BCUT2D eigenvalue weighted by Gasteiger charge is 2.38. The average Bonchev–Trinajstić information content (AvgIpc) is 3.20. The second-order valence-corrected chi connectivity index (χ2v) is 7.74. The molecule has 0 saturated carbocycles. The Morgan fingerprint density at radius 3 is 1.16 bits per heavy atom. The molecule has 4 aromatic rings. The van der Waals surface area contributed by atoms with Crippen molar-refractivity contribution < 1.29 is 9.59 Å². The standard InChI is InChI=1S/C29H21NO2/c31-27-20-21-28(32)30(27)26-18-16-25(17-19-26)29(22-10-4-1-5-11-22,23-12-6-2-7-13-23)24-14-8-3-9-15-24/h1-21H. The molecule has 3 heteroatoms. The molecular formula is C29H21NO2. The highest BCUT2D eigenvalue weighted by molar-refractivity contribution is 6.28. The summed E-state index contributed by atoms with van der Waals surface area (Å²) in [6.07, 6.45) is 2.61. The number of rotatable bonds is 5. The molecule has 0 saturated heterocycles. The van der Waals surface area contributed by atoms with E-state index < -0.39 is 5.41 Å². The molecule has 0 aliphatic carbocycles. The van der Waals surface area contributed by atoms with Gasteiger partial charge in [0.2, 0.25) is 0 Å². The smallest absolute Gasteiger partial charge is 0.258 e. The molecule has 1 heterocycles. The number of hydrogen-bond donors (Lipinski definition) is 0. The minimum atomic E-state index is -0.556. The summed E-state index contributed by atoms with van der Waals surface area (Å²) >= 11 is 0. The van der Waals surface area contributed by atoms with Gasteiger partial charge in [0.1, 0.15) is 0 Å². The molecule has 0 aromatic heterocycles. The molecular weight excluding hydrogens is 394 g/mol. The first-order valence-corrected chi connectivity index (χ1v) is 10.5. The summed E-state index contributed by atoms with van der Waals surface area (Å²) in [7, 11) is 0. The Balaban J connectivity index is 1.75. The minimum Gasteiger partial charge on any atom is -0.269 e. The van der Waals surface area contributed by atoms with E-state index in [9.17, 15) is 9.59 Å². The largest absolute Gasteiger partial charge is 0.269 e. The van der Waals surface area contributed by atoms with Crippen LogP contribution in [0.4, 0.5) is 5.69 Å². The van der Waals surface area contributed by atoms with Crippen LogP contribution in [0.15, 0.2) is 127 Å². The fourth-order valence-corrected chi connectivity index (χ4v) is 4.58. The maximum absolute atomic E-state index is 12.1. The Morgan fingerprint density at radius 2 is 0.781 bits per heavy atom. The van der Waals surface area contributed by atoms with Crippen LogP contribution in [-0.4, -0.2) is 11.8 Å². The van der Waals surface area contributed by atoms with Gasteiger partial charge in [-0.1, -0.05) is 103 Å². The van der Waals surface area contributed by atoms with Gasteiger partial charge in [0, 0.05) is 12.2 Å². The van der Waals surface area contributed by atoms with E-state index >= 15 is 0 Å². The summed E-state index contributed by atoms with van der Waals surface area (Å²) in [6.45, 7) is 0. The first-order valence-electron chi connectivity index (χ1n) is 10.5. The lowest BCUT2D eigenvalue weighted by molar-refractivity contribution is -0.119. The number of carbonyl (C=O) groups is 2. The summed E-state index contributed by atoms with van der Waals surface area (Å²) in [4.78, 5) is 25.5. The van der Waals surface area contributed by atoms with E-state index in [0.29, 0.717) is 5.69 Å². The van der Waals surface area contributed by atoms with Crippen LogP contribution in [0.1, 0.15) is 22.3 Å². The first-order chi connectivity index (χ1) is 15.7. The highest BCUT2D eigenvalue weighted by Crippen LogP contribution is 2.45. The van der Waals surface area contributed by atoms with Gasteiger partial charge >= 0.3 is 0 Å². The van der Waals surface area contributed by atoms with Gasteiger partial charge in [0.05, 0.1) is 11.1 Å². The Hall–Kier alpha value is -4.24. The normalized spacial score (nSPS) is 13.6. The molecule has 4 aromatic carbocycles. The number of amides is 2. The van der Waals surface area contributed by atoms with Crippen molar-refractivity contribution in [2.75, 3.05) is 4.90 Å². The van der Waals surface area contributed by atoms with Crippen LogP contribution in [0.5, 0.6) is 0 Å². The third-order valence-corrected chi connectivity index (χ3v) is 5.99. The topological polar surface area (TPSA) is 37.4 Å². The Morgan fingerprint density at radius 1 is 0.438 bits per heavy atom. The molecule has 0 atom stereocenters. The fraction of sp³-hybridized carbons (Fsp3) is 0.0345. The molecule has 0 radical (unpaired) electrons. The van der Waals surface area contributed by atoms with Crippen LogP contribution in [-0.2, 0) is 15.0 Å². The third-order valence-electron chi connectivity index (χ3n) is 5.99. The molecule has 0 fully saturated rings. The Kier molecular flexibility index (Phi) is 5.00. The lowest BCUT2D eigenvalue weighted by Crippen LogP contribution is -2.32. The van der Waals surface area contributed by atoms with E-state index in [1.807, 2.05) is 42.5 Å². The van der Waals surface area contributed by atoms with Gasteiger partial charge in [-0.3, -0.25) is 9.59 Å². The minimum absolute atomic E-state index is 0.316. The lowest BCUT2D eigenvalue weighted by Gasteiger charge is -2.37. The number of hydrogen-bond acceptors (Lipinski definition) is 2. The van der Waals surface area contributed by atoms with E-state index in [2.05, 4.69) is 72.8 Å². The van der Waals surface area contributed by atoms with Crippen LogP contribution < -0.4 is 4.90 Å². The quantitative estimate of drug-likeness (QED) is 0.319. The van der Waals surface area contributed by atoms with Crippen molar-refractivity contribution in [3.05, 3.63) is 150 Å². The molecule has 0 unspecified atom stereocenters. The summed E-state index contributed by atoms with van der Waals surface area (Å²) in [5.74, 6) is -0.633. The van der Waals surface area contributed by atoms with Gasteiger partial charge in [-0.25, -0.2) is 4.90 Å². The van der Waals surface area contributed by atoms with Crippen LogP contribution in [0, 0.1) is 0 Å². The molecule has 1 aliphatic heterocycles. The summed E-state index contributed by atoms with van der Waals surface area (Å²) < 4.78 is 0. The first kappa shape index (κ1) is 19.7. The Bertz CT molecular complexity index is 1160. The lowest BCUT2D eigenvalue weighted by atomic mass is 9.65. The van der Waals surface area contributed by atoms with Gasteiger partial charge in [-0.15, -0.1) is 0 Å². The van der Waals surface area contributed by atoms with Crippen molar-refractivity contribution in [1.82, 2.24) is 0 Å². The Labute approximate surface area is 187 Å². The zero-order valence-electron chi connectivity index (χ0n) is 17.4. The van der Waals surface area contributed by atoms with Crippen molar-refractivity contribution in [3.63, 3.8) is 0 Å². The zero-order chi connectivity index (χ0) is 22.0. The number of nitrogens with zero attached hydrogens (tertiary/aromatic N) is 1. The molecule has 2 amide bonds. The van der Waals surface area contributed by atoms with Gasteiger partial charge in [0.15, 0.2) is 0 Å². The number of carbonyl (C=O) groups excluding carboxylic acids is 2. The molecule has 154 valence electrons. The highest BCUT2D eigenvalue weighted by atomic mass is 16.2. The molecule has 0 spiro atoms. The predicted molar refractivity (Wildman–Crippen MR) is 126 cm³/mol. The number of anilines is 1. The SMILES string of the molecule is O=C1C=CC(=O)N1c1ccc(C(c2ccccc2)(c2ccccc2)c2ccccc2)cc1. The fourth-order valence-electron chi connectivity index (χ4n) is 4.58. The van der Waals surface area contributed by atoms with Crippen LogP contribution in [0.3, 0.4) is 0 Å². The predicted octanol–water partition coefficient (Wildman–Crippen LogP) is 5.50. The van der Waals surface area contributed by atoms with Crippen LogP contribution in [0.25, 0.3) is 0 Å². The second-order valence-electron chi connectivity index (χ2n) is 7.74. The van der Waals surface area contributed by atoms with Crippen LogP contribution >= 0.6 is 0 Å². The van der Waals surface area contributed by atoms with Crippen molar-refractivity contribution >= 4 is 17.5 Å². The van der Waals surface area contributed by atoms with Gasteiger partial charge in [0.25, 0.3) is 11.8 Å². The molecule has 0 bridgehead atoms. The van der Waals surface area contributed by atoms with E-state index in [0.717, 1.165) is 22.3 Å². The number of benzene rings is 4. The summed E-state index contributed by atoms with van der Waals surface area (Å²) in [5, 5.41) is 0. The van der Waals surface area contributed by atoms with Gasteiger partial charge in [-0.05, 0) is 34.4 Å².